The van der Waals surface area contributed by atoms with E-state index in [0.29, 0.717) is 15.1 Å². The minimum atomic E-state index is 0. The summed E-state index contributed by atoms with van der Waals surface area (Å²) in [5, 5.41) is 1.75. The van der Waals surface area contributed by atoms with Crippen LogP contribution in [0.5, 0.6) is 0 Å². The van der Waals surface area contributed by atoms with Crippen LogP contribution in [0.4, 0.5) is 51.2 Å². The Labute approximate surface area is 557 Å². The number of para-hydroxylation sites is 5. The lowest BCUT2D eigenvalue weighted by molar-refractivity contribution is 1.19. The van der Waals surface area contributed by atoms with Gasteiger partial charge in [0.05, 0.1) is 32.1 Å². The van der Waals surface area contributed by atoms with Gasteiger partial charge in [0.15, 0.2) is 0 Å². The van der Waals surface area contributed by atoms with E-state index in [-0.39, 0.29) is 7.43 Å². The summed E-state index contributed by atoms with van der Waals surface area (Å²) in [5.74, 6) is 0. The van der Waals surface area contributed by atoms with Gasteiger partial charge in [-0.05, 0) is 171 Å². The van der Waals surface area contributed by atoms with E-state index in [2.05, 4.69) is 294 Å². The lowest BCUT2D eigenvalue weighted by atomic mass is 9.93. The first kappa shape index (κ1) is 62.9. The second-order valence-corrected chi connectivity index (χ2v) is 22.8. The maximum absolute atomic E-state index is 7.53. The minimum absolute atomic E-state index is 0. The number of benzene rings is 14. The number of anilines is 9. The molecule has 92 heavy (non-hydrogen) atoms. The van der Waals surface area contributed by atoms with Gasteiger partial charge in [-0.1, -0.05) is 309 Å². The summed E-state index contributed by atoms with van der Waals surface area (Å²) in [4.78, 5) is 6.57. The maximum Gasteiger partial charge on any atom is 0.0887 e. The molecular weight excluding hydrogens is 1180 g/mol. The third kappa shape index (κ3) is 15.5. The number of nitrogens with zero attached hydrogens (tertiary/aromatic N) is 3. The Bertz CT molecular complexity index is 4360. The van der Waals surface area contributed by atoms with Crippen LogP contribution < -0.4 is 14.7 Å². The topological polar surface area (TPSA) is 9.72 Å². The first-order valence-electron chi connectivity index (χ1n) is 30.3. The summed E-state index contributed by atoms with van der Waals surface area (Å²) < 4.78 is 0. The van der Waals surface area contributed by atoms with Crippen molar-refractivity contribution in [3.05, 3.63) is 402 Å². The van der Waals surface area contributed by atoms with E-state index < -0.39 is 0 Å². The Morgan fingerprint density at radius 2 is 0.446 bits per heavy atom. The van der Waals surface area contributed by atoms with Crippen molar-refractivity contribution in [3.8, 4) is 44.5 Å². The molecule has 0 amide bonds. The van der Waals surface area contributed by atoms with Gasteiger partial charge < -0.3 is 14.7 Å². The van der Waals surface area contributed by atoms with Crippen LogP contribution in [-0.2, 0) is 6.42 Å². The van der Waals surface area contributed by atoms with Gasteiger partial charge in [0.25, 0.3) is 0 Å². The van der Waals surface area contributed by atoms with Gasteiger partial charge in [-0.3, -0.25) is 0 Å². The van der Waals surface area contributed by atoms with Gasteiger partial charge in [-0.2, -0.15) is 0 Å². The molecule has 0 radical (unpaired) electrons. The fraction of sp³-hybridized carbons (Fsp3) is 0.0233. The SMILES string of the molecule is C.Clc1c(N(c2ccccc2)c2ccccc2)cccc1N(c1ccccc1)c1cc(-c2ccccc2)cc(-c2ccccc2)c1.Clc1cccc(N(c2ccccc2)c2ccccc2)c1Cl.c1ccc(Cc2cc(-c3ccccc3)cc(-c3ccccc3)c2)cc1. The molecule has 0 atom stereocenters. The van der Waals surface area contributed by atoms with Gasteiger partial charge in [0.1, 0.15) is 0 Å². The smallest absolute Gasteiger partial charge is 0.0887 e. The highest BCUT2D eigenvalue weighted by Crippen LogP contribution is 2.48. The molecule has 448 valence electrons. The monoisotopic (exact) mass is 1250 g/mol. The molecule has 0 fully saturated rings. The second kappa shape index (κ2) is 31.2. The molecule has 0 heterocycles. The molecule has 0 bridgehead atoms. The first-order chi connectivity index (χ1) is 44.9. The van der Waals surface area contributed by atoms with Crippen LogP contribution in [0.1, 0.15) is 18.6 Å². The Morgan fingerprint density at radius 3 is 0.761 bits per heavy atom. The predicted molar refractivity (Wildman–Crippen MR) is 396 cm³/mol. The Morgan fingerprint density at radius 1 is 0.196 bits per heavy atom. The molecule has 0 saturated heterocycles. The summed E-state index contributed by atoms with van der Waals surface area (Å²) in [5.41, 5.74) is 21.1. The van der Waals surface area contributed by atoms with E-state index >= 15 is 0 Å². The van der Waals surface area contributed by atoms with E-state index in [1.807, 2.05) is 91.0 Å². The standard InChI is InChI=1S/C42H31ClN2.C25H20.C18H13Cl2N.CH4/c43-42-40(44(36-21-10-3-11-22-36)37-23-12-4-13-24-37)27-16-28-41(42)45(38-25-14-5-15-26-38)39-30-34(32-17-6-1-7-18-32)29-35(31-39)33-19-8-2-9-20-33;1-4-10-20(11-5-1)16-21-17-24(22-12-6-2-7-13-22)19-25(18-21)23-14-8-3-9-15-23;19-16-12-7-13-17(18(16)20)21(14-8-3-1-4-9-14)15-10-5-2-6-11-15;/h1-31H;1-15,17-19H,16H2;1-13H;1H4. The maximum atomic E-state index is 7.53. The molecule has 3 nitrogen and oxygen atoms in total. The van der Waals surface area contributed by atoms with Crippen molar-refractivity contribution in [2.45, 2.75) is 13.8 Å². The molecule has 0 unspecified atom stereocenters. The highest BCUT2D eigenvalue weighted by atomic mass is 35.5. The average Bonchev–Trinajstić information content (AvgIpc) is 0.876. The van der Waals surface area contributed by atoms with Gasteiger partial charge in [-0.15, -0.1) is 0 Å². The average molecular weight is 1250 g/mol. The normalized spacial score (nSPS) is 10.5. The molecule has 14 rings (SSSR count). The van der Waals surface area contributed by atoms with Crippen LogP contribution in [0, 0.1) is 0 Å². The van der Waals surface area contributed by atoms with Crippen LogP contribution in [0.3, 0.4) is 0 Å². The quantitative estimate of drug-likeness (QED) is 0.101. The van der Waals surface area contributed by atoms with Crippen LogP contribution in [-0.4, -0.2) is 0 Å². The zero-order valence-corrected chi connectivity index (χ0v) is 52.2. The molecule has 0 aliphatic heterocycles. The van der Waals surface area contributed by atoms with Crippen molar-refractivity contribution in [2.75, 3.05) is 14.7 Å². The molecular formula is C86H68Cl3N3. The molecule has 0 N–H and O–H groups in total. The highest BCUT2D eigenvalue weighted by Gasteiger charge is 2.24. The number of halogens is 3. The summed E-state index contributed by atoms with van der Waals surface area (Å²) in [6.07, 6.45) is 0.946. The van der Waals surface area contributed by atoms with Crippen molar-refractivity contribution in [3.63, 3.8) is 0 Å². The number of hydrogen-bond donors (Lipinski definition) is 0. The summed E-state index contributed by atoms with van der Waals surface area (Å²) in [6, 6.07) is 130. The zero-order chi connectivity index (χ0) is 62.0. The lowest BCUT2D eigenvalue weighted by Crippen LogP contribution is -2.14. The van der Waals surface area contributed by atoms with Crippen LogP contribution >= 0.6 is 34.8 Å². The van der Waals surface area contributed by atoms with Crippen molar-refractivity contribution in [1.29, 1.82) is 0 Å². The fourth-order valence-electron chi connectivity index (χ4n) is 11.2. The second-order valence-electron chi connectivity index (χ2n) is 21.7. The molecule has 14 aromatic rings. The summed E-state index contributed by atoms with van der Waals surface area (Å²) >= 11 is 20.1. The third-order valence-electron chi connectivity index (χ3n) is 15.5. The summed E-state index contributed by atoms with van der Waals surface area (Å²) in [7, 11) is 0. The van der Waals surface area contributed by atoms with Gasteiger partial charge in [0.2, 0.25) is 0 Å². The Balaban J connectivity index is 0.000000155. The third-order valence-corrected chi connectivity index (χ3v) is 16.7. The molecule has 0 spiro atoms. The molecule has 0 saturated carbocycles. The van der Waals surface area contributed by atoms with Crippen molar-refractivity contribution in [2.24, 2.45) is 0 Å². The van der Waals surface area contributed by atoms with E-state index in [4.69, 9.17) is 34.8 Å². The Kier molecular flexibility index (Phi) is 21.3. The number of rotatable bonds is 15. The lowest BCUT2D eigenvalue weighted by Gasteiger charge is -2.31. The van der Waals surface area contributed by atoms with E-state index in [1.165, 1.54) is 33.4 Å². The number of hydrogen-bond acceptors (Lipinski definition) is 3. The van der Waals surface area contributed by atoms with Gasteiger partial charge >= 0.3 is 0 Å². The highest BCUT2D eigenvalue weighted by molar-refractivity contribution is 6.44. The van der Waals surface area contributed by atoms with E-state index in [1.54, 1.807) is 6.07 Å². The van der Waals surface area contributed by atoms with Crippen LogP contribution in [0.15, 0.2) is 376 Å². The summed E-state index contributed by atoms with van der Waals surface area (Å²) in [6.45, 7) is 0. The Hall–Kier alpha value is -10.7. The fourth-order valence-corrected chi connectivity index (χ4v) is 11.9. The van der Waals surface area contributed by atoms with Crippen molar-refractivity contribution >= 4 is 86.0 Å². The van der Waals surface area contributed by atoms with Crippen LogP contribution in [0.25, 0.3) is 44.5 Å². The molecule has 0 aliphatic rings. The van der Waals surface area contributed by atoms with E-state index in [9.17, 15) is 0 Å². The van der Waals surface area contributed by atoms with Crippen molar-refractivity contribution < 1.29 is 0 Å². The first-order valence-corrected chi connectivity index (χ1v) is 31.5. The zero-order valence-electron chi connectivity index (χ0n) is 50.0. The minimum Gasteiger partial charge on any atom is -0.309 e. The molecule has 14 aromatic carbocycles. The largest absolute Gasteiger partial charge is 0.309 e. The molecule has 6 heteroatoms. The van der Waals surface area contributed by atoms with E-state index in [0.717, 1.165) is 79.9 Å². The van der Waals surface area contributed by atoms with Gasteiger partial charge in [0, 0.05) is 34.1 Å². The van der Waals surface area contributed by atoms with Gasteiger partial charge in [-0.25, -0.2) is 0 Å². The molecule has 0 aliphatic carbocycles. The van der Waals surface area contributed by atoms with Crippen molar-refractivity contribution in [1.82, 2.24) is 0 Å². The van der Waals surface area contributed by atoms with Crippen LogP contribution in [0.2, 0.25) is 15.1 Å². The predicted octanol–water partition coefficient (Wildman–Crippen LogP) is 26.3. The molecule has 0 aromatic heterocycles.